The summed E-state index contributed by atoms with van der Waals surface area (Å²) in [5, 5.41) is 8.97. The molecule has 20 heavy (non-hydrogen) atoms. The Morgan fingerprint density at radius 3 is 2.65 bits per heavy atom. The summed E-state index contributed by atoms with van der Waals surface area (Å²) in [5.41, 5.74) is -0.110. The Balaban J connectivity index is 2.53. The lowest BCUT2D eigenvalue weighted by molar-refractivity contribution is -0.157. The Hall–Kier alpha value is -2.37. The van der Waals surface area contributed by atoms with Crippen molar-refractivity contribution >= 4 is 23.5 Å². The Bertz CT molecular complexity index is 583. The maximum absolute atomic E-state index is 12.5. The molecule has 6 heteroatoms. The summed E-state index contributed by atoms with van der Waals surface area (Å²) in [7, 11) is 1.21. The normalized spacial score (nSPS) is 21.3. The molecule has 0 bridgehead atoms. The number of hydrogen-bond acceptors (Lipinski definition) is 4. The molecule has 0 spiro atoms. The van der Waals surface area contributed by atoms with Crippen molar-refractivity contribution in [2.24, 2.45) is 5.41 Å². The van der Waals surface area contributed by atoms with E-state index in [2.05, 4.69) is 0 Å². The van der Waals surface area contributed by atoms with Gasteiger partial charge in [0.15, 0.2) is 0 Å². The number of ether oxygens (including phenoxy) is 1. The fourth-order valence-corrected chi connectivity index (χ4v) is 2.46. The average Bonchev–Trinajstić information content (AvgIpc) is 2.42. The van der Waals surface area contributed by atoms with Gasteiger partial charge in [0.1, 0.15) is 12.0 Å². The zero-order valence-electron chi connectivity index (χ0n) is 11.3. The Morgan fingerprint density at radius 2 is 2.05 bits per heavy atom. The van der Waals surface area contributed by atoms with Crippen LogP contribution in [0.3, 0.4) is 0 Å². The number of aliphatic carboxylic acids is 1. The SMILES string of the molecule is COC(=O)C1(C)Cc2ccccc2N(CC(=O)O)C1=O. The predicted molar refractivity (Wildman–Crippen MR) is 70.3 cm³/mol. The smallest absolute Gasteiger partial charge is 0.323 e. The molecule has 6 nitrogen and oxygen atoms in total. The average molecular weight is 277 g/mol. The van der Waals surface area contributed by atoms with Gasteiger partial charge in [0, 0.05) is 5.69 Å². The van der Waals surface area contributed by atoms with Gasteiger partial charge in [-0.05, 0) is 25.0 Å². The molecule has 0 radical (unpaired) electrons. The van der Waals surface area contributed by atoms with Gasteiger partial charge in [-0.1, -0.05) is 18.2 Å². The molecule has 0 fully saturated rings. The first-order valence-electron chi connectivity index (χ1n) is 6.10. The standard InChI is InChI=1S/C14H15NO5/c1-14(13(19)20-2)7-9-5-3-4-6-10(9)15(12(14)18)8-11(16)17/h3-6H,7-8H2,1-2H3,(H,16,17). The van der Waals surface area contributed by atoms with E-state index in [-0.39, 0.29) is 6.42 Å². The van der Waals surface area contributed by atoms with E-state index in [9.17, 15) is 14.4 Å². The minimum Gasteiger partial charge on any atom is -0.480 e. The fraction of sp³-hybridized carbons (Fsp3) is 0.357. The quantitative estimate of drug-likeness (QED) is 0.653. The molecule has 0 aromatic heterocycles. The maximum atomic E-state index is 12.5. The molecular formula is C14H15NO5. The molecule has 1 heterocycles. The van der Waals surface area contributed by atoms with Crippen molar-refractivity contribution in [3.63, 3.8) is 0 Å². The monoisotopic (exact) mass is 277 g/mol. The van der Waals surface area contributed by atoms with Crippen LogP contribution in [0.4, 0.5) is 5.69 Å². The van der Waals surface area contributed by atoms with Gasteiger partial charge in [0.2, 0.25) is 5.91 Å². The third-order valence-corrected chi connectivity index (χ3v) is 3.47. The maximum Gasteiger partial charge on any atom is 0.323 e. The van der Waals surface area contributed by atoms with Crippen LogP contribution in [-0.4, -0.2) is 36.6 Å². The van der Waals surface area contributed by atoms with Crippen molar-refractivity contribution in [1.29, 1.82) is 0 Å². The van der Waals surface area contributed by atoms with Crippen LogP contribution in [0.5, 0.6) is 0 Å². The summed E-state index contributed by atoms with van der Waals surface area (Å²) < 4.78 is 4.70. The molecular weight excluding hydrogens is 262 g/mol. The topological polar surface area (TPSA) is 83.9 Å². The molecule has 1 unspecified atom stereocenters. The van der Waals surface area contributed by atoms with Crippen molar-refractivity contribution in [1.82, 2.24) is 0 Å². The number of hydrogen-bond donors (Lipinski definition) is 1. The van der Waals surface area contributed by atoms with E-state index in [0.717, 1.165) is 10.5 Å². The highest BCUT2D eigenvalue weighted by molar-refractivity contribution is 6.13. The number of carbonyl (C=O) groups excluding carboxylic acids is 2. The highest BCUT2D eigenvalue weighted by atomic mass is 16.5. The molecule has 1 amide bonds. The van der Waals surface area contributed by atoms with E-state index in [4.69, 9.17) is 9.84 Å². The number of rotatable bonds is 3. The third kappa shape index (κ3) is 2.13. The van der Waals surface area contributed by atoms with Crippen LogP contribution in [0.1, 0.15) is 12.5 Å². The van der Waals surface area contributed by atoms with Crippen molar-refractivity contribution in [3.8, 4) is 0 Å². The van der Waals surface area contributed by atoms with Gasteiger partial charge in [-0.3, -0.25) is 19.3 Å². The van der Waals surface area contributed by atoms with Crippen LogP contribution < -0.4 is 4.90 Å². The summed E-state index contributed by atoms with van der Waals surface area (Å²) in [6.45, 7) is 0.994. The first kappa shape index (κ1) is 14.0. The number of nitrogens with zero attached hydrogens (tertiary/aromatic N) is 1. The molecule has 2 rings (SSSR count). The summed E-state index contributed by atoms with van der Waals surface area (Å²) in [6.07, 6.45) is 0.199. The van der Waals surface area contributed by atoms with Crippen molar-refractivity contribution in [3.05, 3.63) is 29.8 Å². The van der Waals surface area contributed by atoms with Crippen molar-refractivity contribution < 1.29 is 24.2 Å². The number of benzene rings is 1. The predicted octanol–water partition coefficient (Wildman–Crippen LogP) is 0.840. The van der Waals surface area contributed by atoms with Gasteiger partial charge in [-0.15, -0.1) is 0 Å². The number of carboxylic acid groups (broad SMARTS) is 1. The lowest BCUT2D eigenvalue weighted by atomic mass is 9.78. The molecule has 1 aliphatic rings. The summed E-state index contributed by atoms with van der Waals surface area (Å²) >= 11 is 0. The summed E-state index contributed by atoms with van der Waals surface area (Å²) in [6, 6.07) is 6.96. The molecule has 106 valence electrons. The van der Waals surface area contributed by atoms with Crippen molar-refractivity contribution in [2.45, 2.75) is 13.3 Å². The second kappa shape index (κ2) is 4.96. The summed E-state index contributed by atoms with van der Waals surface area (Å²) in [4.78, 5) is 36.5. The number of methoxy groups -OCH3 is 1. The van der Waals surface area contributed by atoms with Gasteiger partial charge in [0.05, 0.1) is 7.11 Å². The van der Waals surface area contributed by atoms with E-state index in [1.807, 2.05) is 0 Å². The zero-order valence-corrected chi connectivity index (χ0v) is 11.3. The van der Waals surface area contributed by atoms with Crippen LogP contribution in [0.2, 0.25) is 0 Å². The van der Waals surface area contributed by atoms with Gasteiger partial charge in [-0.2, -0.15) is 0 Å². The Kier molecular flexibility index (Phi) is 3.48. The van der Waals surface area contributed by atoms with E-state index >= 15 is 0 Å². The number of esters is 1. The molecule has 1 atom stereocenters. The molecule has 1 N–H and O–H groups in total. The van der Waals surface area contributed by atoms with Gasteiger partial charge >= 0.3 is 11.9 Å². The van der Waals surface area contributed by atoms with Crippen LogP contribution in [0.25, 0.3) is 0 Å². The zero-order chi connectivity index (χ0) is 14.9. The second-order valence-electron chi connectivity index (χ2n) is 4.91. The minimum atomic E-state index is -1.39. The molecule has 0 aliphatic carbocycles. The summed E-state index contributed by atoms with van der Waals surface area (Å²) in [5.74, 6) is -2.35. The van der Waals surface area contributed by atoms with E-state index < -0.39 is 29.8 Å². The number of anilines is 1. The molecule has 1 aromatic rings. The van der Waals surface area contributed by atoms with Gasteiger partial charge in [0.25, 0.3) is 0 Å². The van der Waals surface area contributed by atoms with Crippen LogP contribution in [0.15, 0.2) is 24.3 Å². The number of amides is 1. The third-order valence-electron chi connectivity index (χ3n) is 3.47. The van der Waals surface area contributed by atoms with Crippen LogP contribution in [0, 0.1) is 5.41 Å². The first-order valence-corrected chi connectivity index (χ1v) is 6.10. The molecule has 0 saturated heterocycles. The lowest BCUT2D eigenvalue weighted by Gasteiger charge is -2.37. The van der Waals surface area contributed by atoms with Crippen molar-refractivity contribution in [2.75, 3.05) is 18.6 Å². The number of carboxylic acids is 1. The van der Waals surface area contributed by atoms with E-state index in [0.29, 0.717) is 5.69 Å². The van der Waals surface area contributed by atoms with Gasteiger partial charge < -0.3 is 9.84 Å². The number of para-hydroxylation sites is 1. The highest BCUT2D eigenvalue weighted by Crippen LogP contribution is 2.38. The highest BCUT2D eigenvalue weighted by Gasteiger charge is 2.49. The first-order chi connectivity index (χ1) is 9.40. The van der Waals surface area contributed by atoms with Crippen LogP contribution >= 0.6 is 0 Å². The number of carbonyl (C=O) groups is 3. The molecule has 1 aromatic carbocycles. The fourth-order valence-electron chi connectivity index (χ4n) is 2.46. The Morgan fingerprint density at radius 1 is 1.40 bits per heavy atom. The number of fused-ring (bicyclic) bond motifs is 1. The van der Waals surface area contributed by atoms with E-state index in [1.54, 1.807) is 24.3 Å². The molecule has 0 saturated carbocycles. The Labute approximate surface area is 115 Å². The largest absolute Gasteiger partial charge is 0.480 e. The second-order valence-corrected chi connectivity index (χ2v) is 4.91. The lowest BCUT2D eigenvalue weighted by Crippen LogP contribution is -2.53. The van der Waals surface area contributed by atoms with E-state index in [1.165, 1.54) is 14.0 Å². The minimum absolute atomic E-state index is 0.199. The molecule has 1 aliphatic heterocycles. The van der Waals surface area contributed by atoms with Crippen LogP contribution in [-0.2, 0) is 25.5 Å². The van der Waals surface area contributed by atoms with Gasteiger partial charge in [-0.25, -0.2) is 0 Å².